The third-order valence-electron chi connectivity index (χ3n) is 5.27. The number of amides is 1. The van der Waals surface area contributed by atoms with E-state index in [4.69, 9.17) is 4.74 Å². The van der Waals surface area contributed by atoms with Gasteiger partial charge in [0.25, 0.3) is 5.91 Å². The van der Waals surface area contributed by atoms with Gasteiger partial charge in [0.15, 0.2) is 6.61 Å². The minimum Gasteiger partial charge on any atom is -0.452 e. The highest BCUT2D eigenvalue weighted by molar-refractivity contribution is 5.92. The molecule has 0 aliphatic heterocycles. The van der Waals surface area contributed by atoms with E-state index in [1.807, 2.05) is 48.5 Å². The molecule has 2 aromatic carbocycles. The van der Waals surface area contributed by atoms with Crippen LogP contribution in [-0.2, 0) is 16.0 Å². The molecule has 27 heavy (non-hydrogen) atoms. The first-order valence-electron chi connectivity index (χ1n) is 9.72. The van der Waals surface area contributed by atoms with E-state index in [0.29, 0.717) is 17.9 Å². The van der Waals surface area contributed by atoms with Gasteiger partial charge < -0.3 is 10.1 Å². The molecule has 1 saturated carbocycles. The molecule has 3 rings (SSSR count). The Balaban J connectivity index is 1.57. The van der Waals surface area contributed by atoms with E-state index in [0.717, 1.165) is 30.4 Å². The fraction of sp³-hybridized carbons (Fsp3) is 0.391. The van der Waals surface area contributed by atoms with E-state index in [-0.39, 0.29) is 18.6 Å². The SMILES string of the molecule is C[C@H]1CCCC[C@H]1NC(=O)COC(=O)c1ccccc1Cc1ccccc1. The number of ether oxygens (including phenoxy) is 1. The average molecular weight is 365 g/mol. The lowest BCUT2D eigenvalue weighted by Gasteiger charge is -2.29. The van der Waals surface area contributed by atoms with E-state index in [2.05, 4.69) is 12.2 Å². The number of hydrogen-bond acceptors (Lipinski definition) is 3. The van der Waals surface area contributed by atoms with Crippen molar-refractivity contribution in [3.63, 3.8) is 0 Å². The number of carbonyl (C=O) groups excluding carboxylic acids is 2. The maximum Gasteiger partial charge on any atom is 0.338 e. The fourth-order valence-electron chi connectivity index (χ4n) is 3.68. The van der Waals surface area contributed by atoms with Gasteiger partial charge in [-0.25, -0.2) is 4.79 Å². The second kappa shape index (κ2) is 9.36. The molecular weight excluding hydrogens is 338 g/mol. The van der Waals surface area contributed by atoms with Crippen LogP contribution in [-0.4, -0.2) is 24.5 Å². The Bertz CT molecular complexity index is 772. The van der Waals surface area contributed by atoms with Crippen molar-refractivity contribution in [1.82, 2.24) is 5.32 Å². The standard InChI is InChI=1S/C23H27NO3/c1-17-9-5-8-14-21(17)24-22(25)16-27-23(26)20-13-7-6-12-19(20)15-18-10-3-2-4-11-18/h2-4,6-7,10-13,17,21H,5,8-9,14-16H2,1H3,(H,24,25)/t17-,21+/m0/s1. The first kappa shape index (κ1) is 19.2. The van der Waals surface area contributed by atoms with E-state index in [9.17, 15) is 9.59 Å². The minimum atomic E-state index is -0.451. The minimum absolute atomic E-state index is 0.190. The molecule has 0 saturated heterocycles. The summed E-state index contributed by atoms with van der Waals surface area (Å²) in [5.74, 6) is -0.194. The molecule has 0 bridgehead atoms. The Hall–Kier alpha value is -2.62. The molecule has 0 heterocycles. The molecule has 0 unspecified atom stereocenters. The van der Waals surface area contributed by atoms with Gasteiger partial charge in [-0.2, -0.15) is 0 Å². The van der Waals surface area contributed by atoms with E-state index in [1.54, 1.807) is 6.07 Å². The molecule has 0 aromatic heterocycles. The summed E-state index contributed by atoms with van der Waals surface area (Å²) in [6.45, 7) is 1.93. The second-order valence-electron chi connectivity index (χ2n) is 7.33. The van der Waals surface area contributed by atoms with Gasteiger partial charge in [0, 0.05) is 6.04 Å². The van der Waals surface area contributed by atoms with Crippen LogP contribution < -0.4 is 5.32 Å². The summed E-state index contributed by atoms with van der Waals surface area (Å²) in [6.07, 6.45) is 5.15. The van der Waals surface area contributed by atoms with Crippen LogP contribution in [0.25, 0.3) is 0 Å². The highest BCUT2D eigenvalue weighted by atomic mass is 16.5. The van der Waals surface area contributed by atoms with Crippen molar-refractivity contribution in [3.8, 4) is 0 Å². The molecule has 2 atom stereocenters. The van der Waals surface area contributed by atoms with E-state index < -0.39 is 5.97 Å². The zero-order valence-electron chi connectivity index (χ0n) is 15.8. The predicted octanol–water partition coefficient (Wildman–Crippen LogP) is 4.13. The lowest BCUT2D eigenvalue weighted by molar-refractivity contribution is -0.125. The zero-order valence-corrected chi connectivity index (χ0v) is 15.8. The Morgan fingerprint density at radius 3 is 2.48 bits per heavy atom. The molecule has 1 aliphatic carbocycles. The summed E-state index contributed by atoms with van der Waals surface area (Å²) in [5, 5.41) is 3.01. The van der Waals surface area contributed by atoms with Crippen LogP contribution in [0.3, 0.4) is 0 Å². The first-order valence-corrected chi connectivity index (χ1v) is 9.72. The Kier molecular flexibility index (Phi) is 6.64. The Labute approximate surface area is 160 Å². The summed E-state index contributed by atoms with van der Waals surface area (Å²) in [5.41, 5.74) is 2.54. The summed E-state index contributed by atoms with van der Waals surface area (Å²) in [7, 11) is 0. The largest absolute Gasteiger partial charge is 0.452 e. The smallest absolute Gasteiger partial charge is 0.338 e. The van der Waals surface area contributed by atoms with Crippen LogP contribution in [0.4, 0.5) is 0 Å². The highest BCUT2D eigenvalue weighted by Gasteiger charge is 2.23. The van der Waals surface area contributed by atoms with Crippen molar-refractivity contribution >= 4 is 11.9 Å². The van der Waals surface area contributed by atoms with Crippen LogP contribution in [0, 0.1) is 5.92 Å². The van der Waals surface area contributed by atoms with Crippen molar-refractivity contribution in [1.29, 1.82) is 0 Å². The van der Waals surface area contributed by atoms with Crippen molar-refractivity contribution in [2.24, 2.45) is 5.92 Å². The van der Waals surface area contributed by atoms with Gasteiger partial charge in [-0.1, -0.05) is 68.3 Å². The zero-order chi connectivity index (χ0) is 19.1. The molecule has 1 N–H and O–H groups in total. The lowest BCUT2D eigenvalue weighted by Crippen LogP contribution is -2.42. The number of esters is 1. The molecular formula is C23H27NO3. The predicted molar refractivity (Wildman–Crippen MR) is 106 cm³/mol. The molecule has 1 aliphatic rings. The normalized spacial score (nSPS) is 19.3. The summed E-state index contributed by atoms with van der Waals surface area (Å²) in [4.78, 5) is 24.7. The van der Waals surface area contributed by atoms with Crippen LogP contribution in [0.5, 0.6) is 0 Å². The van der Waals surface area contributed by atoms with Crippen molar-refractivity contribution in [3.05, 3.63) is 71.3 Å². The number of hydrogen-bond donors (Lipinski definition) is 1. The van der Waals surface area contributed by atoms with Crippen molar-refractivity contribution in [2.45, 2.75) is 45.1 Å². The topological polar surface area (TPSA) is 55.4 Å². The number of carbonyl (C=O) groups is 2. The number of nitrogens with one attached hydrogen (secondary N) is 1. The third-order valence-corrected chi connectivity index (χ3v) is 5.27. The third kappa shape index (κ3) is 5.43. The summed E-state index contributed by atoms with van der Waals surface area (Å²) >= 11 is 0. The van der Waals surface area contributed by atoms with Crippen LogP contribution >= 0.6 is 0 Å². The molecule has 0 spiro atoms. The molecule has 4 nitrogen and oxygen atoms in total. The van der Waals surface area contributed by atoms with Gasteiger partial charge in [-0.05, 0) is 42.4 Å². The molecule has 2 aromatic rings. The van der Waals surface area contributed by atoms with E-state index >= 15 is 0 Å². The summed E-state index contributed by atoms with van der Waals surface area (Å²) < 4.78 is 5.29. The summed E-state index contributed by atoms with van der Waals surface area (Å²) in [6, 6.07) is 17.6. The van der Waals surface area contributed by atoms with Gasteiger partial charge in [-0.15, -0.1) is 0 Å². The van der Waals surface area contributed by atoms with E-state index in [1.165, 1.54) is 6.42 Å². The molecule has 142 valence electrons. The number of rotatable bonds is 6. The maximum atomic E-state index is 12.5. The molecule has 1 amide bonds. The Morgan fingerprint density at radius 2 is 1.70 bits per heavy atom. The van der Waals surface area contributed by atoms with Gasteiger partial charge in [0.2, 0.25) is 0 Å². The highest BCUT2D eigenvalue weighted by Crippen LogP contribution is 2.23. The Morgan fingerprint density at radius 1 is 1.00 bits per heavy atom. The lowest BCUT2D eigenvalue weighted by atomic mass is 9.86. The van der Waals surface area contributed by atoms with Crippen molar-refractivity contribution < 1.29 is 14.3 Å². The molecule has 4 heteroatoms. The van der Waals surface area contributed by atoms with Gasteiger partial charge in [0.05, 0.1) is 5.56 Å². The van der Waals surface area contributed by atoms with Crippen molar-refractivity contribution in [2.75, 3.05) is 6.61 Å². The number of benzene rings is 2. The van der Waals surface area contributed by atoms with Crippen LogP contribution in [0.15, 0.2) is 54.6 Å². The maximum absolute atomic E-state index is 12.5. The second-order valence-corrected chi connectivity index (χ2v) is 7.33. The fourth-order valence-corrected chi connectivity index (χ4v) is 3.68. The van der Waals surface area contributed by atoms with Crippen LogP contribution in [0.2, 0.25) is 0 Å². The molecule has 1 fully saturated rings. The average Bonchev–Trinajstić information content (AvgIpc) is 2.69. The van der Waals surface area contributed by atoms with Gasteiger partial charge in [0.1, 0.15) is 0 Å². The van der Waals surface area contributed by atoms with Gasteiger partial charge in [-0.3, -0.25) is 4.79 Å². The quantitative estimate of drug-likeness (QED) is 0.783. The molecule has 0 radical (unpaired) electrons. The first-order chi connectivity index (χ1) is 13.1. The van der Waals surface area contributed by atoms with Gasteiger partial charge >= 0.3 is 5.97 Å². The monoisotopic (exact) mass is 365 g/mol. The van der Waals surface area contributed by atoms with Crippen LogP contribution in [0.1, 0.15) is 54.1 Å².